The highest BCUT2D eigenvalue weighted by atomic mass is 19.1. The summed E-state index contributed by atoms with van der Waals surface area (Å²) < 4.78 is 20.5. The van der Waals surface area contributed by atoms with Crippen LogP contribution in [-0.2, 0) is 0 Å². The first-order valence-electron chi connectivity index (χ1n) is 5.23. The van der Waals surface area contributed by atoms with Gasteiger partial charge in [0.1, 0.15) is 11.6 Å². The van der Waals surface area contributed by atoms with Crippen LogP contribution in [0.25, 0.3) is 5.69 Å². The van der Waals surface area contributed by atoms with E-state index >= 15 is 0 Å². The van der Waals surface area contributed by atoms with Crippen molar-refractivity contribution in [2.24, 2.45) is 0 Å². The summed E-state index contributed by atoms with van der Waals surface area (Å²) in [5, 5.41) is 2.92. The lowest BCUT2D eigenvalue weighted by molar-refractivity contribution is 0.413. The van der Waals surface area contributed by atoms with Gasteiger partial charge in [0, 0.05) is 19.3 Å². The number of nitrogens with one attached hydrogen (secondary N) is 1. The van der Waals surface area contributed by atoms with Crippen LogP contribution in [-0.4, -0.2) is 23.7 Å². The Hall–Kier alpha value is -2.04. The number of imidazole rings is 1. The van der Waals surface area contributed by atoms with E-state index in [1.807, 2.05) is 6.92 Å². The molecule has 0 radical (unpaired) electrons. The van der Waals surface area contributed by atoms with Gasteiger partial charge in [0.15, 0.2) is 0 Å². The number of anilines is 1. The number of aryl methyl sites for hydroxylation is 1. The molecule has 2 rings (SSSR count). The topological polar surface area (TPSA) is 39.1 Å². The SMILES string of the molecule is CNc1nc(C)cn1-c1cc(OC)ccc1F. The fourth-order valence-corrected chi connectivity index (χ4v) is 1.66. The van der Waals surface area contributed by atoms with Crippen molar-refractivity contribution in [3.8, 4) is 11.4 Å². The molecule has 0 saturated carbocycles. The second kappa shape index (κ2) is 4.45. The van der Waals surface area contributed by atoms with E-state index in [1.165, 1.54) is 6.07 Å². The van der Waals surface area contributed by atoms with Crippen molar-refractivity contribution in [3.05, 3.63) is 35.9 Å². The van der Waals surface area contributed by atoms with Gasteiger partial charge < -0.3 is 10.1 Å². The Balaban J connectivity index is 2.58. The van der Waals surface area contributed by atoms with E-state index in [2.05, 4.69) is 10.3 Å². The maximum absolute atomic E-state index is 13.8. The second-order valence-electron chi connectivity index (χ2n) is 3.64. The molecule has 0 aliphatic rings. The number of hydrogen-bond acceptors (Lipinski definition) is 3. The van der Waals surface area contributed by atoms with Crippen molar-refractivity contribution in [2.75, 3.05) is 19.5 Å². The summed E-state index contributed by atoms with van der Waals surface area (Å²) in [6.07, 6.45) is 1.77. The highest BCUT2D eigenvalue weighted by Gasteiger charge is 2.11. The molecular formula is C12H14FN3O. The van der Waals surface area contributed by atoms with Crippen LogP contribution in [0, 0.1) is 12.7 Å². The summed E-state index contributed by atoms with van der Waals surface area (Å²) in [5.74, 6) is 0.879. The first kappa shape index (κ1) is 11.4. The zero-order chi connectivity index (χ0) is 12.4. The Morgan fingerprint density at radius 2 is 2.18 bits per heavy atom. The first-order valence-corrected chi connectivity index (χ1v) is 5.23. The number of rotatable bonds is 3. The lowest BCUT2D eigenvalue weighted by Gasteiger charge is -2.09. The van der Waals surface area contributed by atoms with Gasteiger partial charge in [-0.05, 0) is 19.1 Å². The maximum atomic E-state index is 13.8. The zero-order valence-electron chi connectivity index (χ0n) is 9.99. The molecule has 0 amide bonds. The van der Waals surface area contributed by atoms with Crippen molar-refractivity contribution >= 4 is 5.95 Å². The molecule has 2 aromatic rings. The van der Waals surface area contributed by atoms with Crippen LogP contribution in [0.2, 0.25) is 0 Å². The largest absolute Gasteiger partial charge is 0.497 e. The van der Waals surface area contributed by atoms with E-state index < -0.39 is 0 Å². The standard InChI is InChI=1S/C12H14FN3O/c1-8-7-16(12(14-2)15-8)11-6-9(17-3)4-5-10(11)13/h4-7H,1-3H3,(H,14,15). The molecule has 0 bridgehead atoms. The van der Waals surface area contributed by atoms with Crippen LogP contribution >= 0.6 is 0 Å². The predicted octanol–water partition coefficient (Wildman–Crippen LogP) is 2.37. The quantitative estimate of drug-likeness (QED) is 0.887. The minimum absolute atomic E-state index is 0.320. The third-order valence-corrected chi connectivity index (χ3v) is 2.46. The third-order valence-electron chi connectivity index (χ3n) is 2.46. The predicted molar refractivity (Wildman–Crippen MR) is 64.4 cm³/mol. The Morgan fingerprint density at radius 1 is 1.41 bits per heavy atom. The molecule has 1 heterocycles. The van der Waals surface area contributed by atoms with Crippen molar-refractivity contribution < 1.29 is 9.13 Å². The number of hydrogen-bond donors (Lipinski definition) is 1. The molecule has 1 aromatic carbocycles. The number of aromatic nitrogens is 2. The number of ether oxygens (including phenoxy) is 1. The van der Waals surface area contributed by atoms with Gasteiger partial charge in [0.2, 0.25) is 5.95 Å². The summed E-state index contributed by atoms with van der Waals surface area (Å²) in [7, 11) is 3.30. The van der Waals surface area contributed by atoms with Gasteiger partial charge in [-0.2, -0.15) is 0 Å². The third kappa shape index (κ3) is 2.08. The average molecular weight is 235 g/mol. The van der Waals surface area contributed by atoms with Crippen molar-refractivity contribution in [3.63, 3.8) is 0 Å². The molecule has 0 fully saturated rings. The van der Waals surface area contributed by atoms with Crippen molar-refractivity contribution in [1.82, 2.24) is 9.55 Å². The van der Waals surface area contributed by atoms with Gasteiger partial charge in [-0.15, -0.1) is 0 Å². The molecule has 0 aliphatic carbocycles. The smallest absolute Gasteiger partial charge is 0.207 e. The Labute approximate surface area is 99.1 Å². The number of halogens is 1. The highest BCUT2D eigenvalue weighted by Crippen LogP contribution is 2.23. The van der Waals surface area contributed by atoms with E-state index in [-0.39, 0.29) is 5.82 Å². The van der Waals surface area contributed by atoms with E-state index in [1.54, 1.807) is 37.1 Å². The lowest BCUT2D eigenvalue weighted by atomic mass is 10.3. The average Bonchev–Trinajstić information content (AvgIpc) is 2.71. The number of benzene rings is 1. The van der Waals surface area contributed by atoms with E-state index in [0.29, 0.717) is 17.4 Å². The van der Waals surface area contributed by atoms with E-state index in [4.69, 9.17) is 4.74 Å². The fraction of sp³-hybridized carbons (Fsp3) is 0.250. The van der Waals surface area contributed by atoms with Gasteiger partial charge in [-0.3, -0.25) is 4.57 Å². The number of methoxy groups -OCH3 is 1. The fourth-order valence-electron chi connectivity index (χ4n) is 1.66. The van der Waals surface area contributed by atoms with Gasteiger partial charge in [0.25, 0.3) is 0 Å². The molecule has 0 aliphatic heterocycles. The minimum Gasteiger partial charge on any atom is -0.497 e. The molecular weight excluding hydrogens is 221 g/mol. The van der Waals surface area contributed by atoms with E-state index in [0.717, 1.165) is 5.69 Å². The van der Waals surface area contributed by atoms with Crippen molar-refractivity contribution in [1.29, 1.82) is 0 Å². The summed E-state index contributed by atoms with van der Waals surface area (Å²) in [6, 6.07) is 4.60. The molecule has 0 saturated heterocycles. The molecule has 0 unspecified atom stereocenters. The van der Waals surface area contributed by atoms with Crippen LogP contribution in [0.5, 0.6) is 5.75 Å². The molecule has 4 nitrogen and oxygen atoms in total. The second-order valence-corrected chi connectivity index (χ2v) is 3.64. The molecule has 1 aromatic heterocycles. The van der Waals surface area contributed by atoms with Crippen LogP contribution in [0.3, 0.4) is 0 Å². The Morgan fingerprint density at radius 3 is 2.82 bits per heavy atom. The normalized spacial score (nSPS) is 10.4. The Bertz CT molecular complexity index is 537. The summed E-state index contributed by atoms with van der Waals surface area (Å²) in [6.45, 7) is 1.86. The molecule has 1 N–H and O–H groups in total. The Kier molecular flexibility index (Phi) is 2.99. The molecule has 0 atom stereocenters. The molecule has 5 heteroatoms. The van der Waals surface area contributed by atoms with Crippen LogP contribution in [0.15, 0.2) is 24.4 Å². The summed E-state index contributed by atoms with van der Waals surface area (Å²) >= 11 is 0. The molecule has 90 valence electrons. The van der Waals surface area contributed by atoms with Gasteiger partial charge >= 0.3 is 0 Å². The summed E-state index contributed by atoms with van der Waals surface area (Å²) in [4.78, 5) is 4.25. The molecule has 17 heavy (non-hydrogen) atoms. The minimum atomic E-state index is -0.320. The summed E-state index contributed by atoms with van der Waals surface area (Å²) in [5.41, 5.74) is 1.23. The highest BCUT2D eigenvalue weighted by molar-refractivity contribution is 5.47. The van der Waals surface area contributed by atoms with Gasteiger partial charge in [-0.1, -0.05) is 0 Å². The first-order chi connectivity index (χ1) is 8.15. The monoisotopic (exact) mass is 235 g/mol. The molecule has 0 spiro atoms. The van der Waals surface area contributed by atoms with Crippen LogP contribution < -0.4 is 10.1 Å². The van der Waals surface area contributed by atoms with Crippen molar-refractivity contribution in [2.45, 2.75) is 6.92 Å². The van der Waals surface area contributed by atoms with Gasteiger partial charge in [-0.25, -0.2) is 9.37 Å². The maximum Gasteiger partial charge on any atom is 0.207 e. The van der Waals surface area contributed by atoms with Gasteiger partial charge in [0.05, 0.1) is 18.5 Å². The zero-order valence-corrected chi connectivity index (χ0v) is 9.99. The van der Waals surface area contributed by atoms with Crippen LogP contribution in [0.4, 0.5) is 10.3 Å². The number of nitrogens with zero attached hydrogens (tertiary/aromatic N) is 2. The van der Waals surface area contributed by atoms with E-state index in [9.17, 15) is 4.39 Å². The lowest BCUT2D eigenvalue weighted by Crippen LogP contribution is -2.03. The van der Waals surface area contributed by atoms with Crippen LogP contribution in [0.1, 0.15) is 5.69 Å².